The van der Waals surface area contributed by atoms with Gasteiger partial charge in [-0.2, -0.15) is 0 Å². The highest BCUT2D eigenvalue weighted by atomic mass is 16.2. The third kappa shape index (κ3) is 3.24. The van der Waals surface area contributed by atoms with Gasteiger partial charge in [-0.25, -0.2) is 0 Å². The minimum Gasteiger partial charge on any atom is -0.325 e. The molecule has 4 saturated carbocycles. The lowest BCUT2D eigenvalue weighted by atomic mass is 9.52. The van der Waals surface area contributed by atoms with Crippen molar-refractivity contribution >= 4 is 17.4 Å². The van der Waals surface area contributed by atoms with Crippen LogP contribution in [-0.2, 0) is 4.79 Å². The molecule has 4 aliphatic carbocycles. The van der Waals surface area contributed by atoms with Crippen LogP contribution in [0.2, 0.25) is 0 Å². The number of anilines is 1. The smallest absolute Gasteiger partial charge is 0.238 e. The van der Waals surface area contributed by atoms with E-state index in [1.807, 2.05) is 12.1 Å². The minimum atomic E-state index is 0.0129. The van der Waals surface area contributed by atoms with E-state index in [0.29, 0.717) is 17.8 Å². The molecule has 1 aromatic rings. The molecule has 0 spiro atoms. The number of rotatable bonds is 5. The average molecular weight is 340 g/mol. The Balaban J connectivity index is 1.41. The number of hydrogen-bond donors (Lipinski definition) is 1. The fourth-order valence-electron chi connectivity index (χ4n) is 5.93. The molecule has 4 aliphatic rings. The van der Waals surface area contributed by atoms with Crippen molar-refractivity contribution in [3.05, 3.63) is 29.8 Å². The van der Waals surface area contributed by atoms with Gasteiger partial charge in [0.15, 0.2) is 5.78 Å². The van der Waals surface area contributed by atoms with Crippen molar-refractivity contribution in [2.24, 2.45) is 17.8 Å². The molecule has 0 heterocycles. The van der Waals surface area contributed by atoms with Gasteiger partial charge in [-0.1, -0.05) is 12.1 Å². The first-order valence-electron chi connectivity index (χ1n) is 9.56. The maximum atomic E-state index is 12.6. The molecule has 0 radical (unpaired) electrons. The molecule has 25 heavy (non-hydrogen) atoms. The maximum Gasteiger partial charge on any atom is 0.238 e. The second kappa shape index (κ2) is 6.24. The number of nitrogens with one attached hydrogen (secondary N) is 1. The molecule has 1 N–H and O–H groups in total. The number of likely N-dealkylation sites (N-methyl/N-ethyl adjacent to an activating group) is 1. The lowest BCUT2D eigenvalue weighted by Gasteiger charge is -2.59. The van der Waals surface area contributed by atoms with Crippen LogP contribution in [0.5, 0.6) is 0 Å². The quantitative estimate of drug-likeness (QED) is 0.831. The van der Waals surface area contributed by atoms with E-state index in [1.54, 1.807) is 19.1 Å². The van der Waals surface area contributed by atoms with Crippen molar-refractivity contribution in [3.63, 3.8) is 0 Å². The van der Waals surface area contributed by atoms with E-state index in [0.717, 1.165) is 17.8 Å². The third-order valence-electron chi connectivity index (χ3n) is 6.75. The SMILES string of the molecule is CC(=O)c1cccc(NC(=O)CN(C)C23CC4CC(CC(C4)C2)C3)c1. The Kier molecular flexibility index (Phi) is 4.19. The number of hydrogen-bond acceptors (Lipinski definition) is 3. The summed E-state index contributed by atoms with van der Waals surface area (Å²) in [6.07, 6.45) is 8.04. The van der Waals surface area contributed by atoms with Crippen LogP contribution in [0.15, 0.2) is 24.3 Å². The van der Waals surface area contributed by atoms with E-state index in [2.05, 4.69) is 17.3 Å². The molecular weight excluding hydrogens is 312 g/mol. The summed E-state index contributed by atoms with van der Waals surface area (Å²) in [4.78, 5) is 26.4. The number of Topliss-reactive ketones (excluding diaryl/α,β-unsaturated/α-hetero) is 1. The van der Waals surface area contributed by atoms with Crippen molar-refractivity contribution in [1.82, 2.24) is 4.90 Å². The lowest BCUT2D eigenvalue weighted by molar-refractivity contribution is -0.123. The Morgan fingerprint density at radius 3 is 2.28 bits per heavy atom. The number of carbonyl (C=O) groups is 2. The van der Waals surface area contributed by atoms with Gasteiger partial charge in [-0.3, -0.25) is 14.5 Å². The molecule has 5 rings (SSSR count). The zero-order valence-electron chi connectivity index (χ0n) is 15.3. The summed E-state index contributed by atoms with van der Waals surface area (Å²) >= 11 is 0. The maximum absolute atomic E-state index is 12.6. The van der Waals surface area contributed by atoms with Crippen LogP contribution in [0.25, 0.3) is 0 Å². The standard InChI is InChI=1S/C21H28N2O2/c1-14(24)18-4-3-5-19(9-18)22-20(25)13-23(2)21-10-15-6-16(11-21)8-17(7-15)12-21/h3-5,9,15-17H,6-8,10-13H2,1-2H3,(H,22,25). The summed E-state index contributed by atoms with van der Waals surface area (Å²) in [5.41, 5.74) is 1.58. The Labute approximate surface area is 150 Å². The van der Waals surface area contributed by atoms with Crippen molar-refractivity contribution in [2.75, 3.05) is 18.9 Å². The van der Waals surface area contributed by atoms with Gasteiger partial charge in [-0.15, -0.1) is 0 Å². The number of nitrogens with zero attached hydrogens (tertiary/aromatic N) is 1. The van der Waals surface area contributed by atoms with Gasteiger partial charge in [-0.05, 0) is 82.4 Å². The highest BCUT2D eigenvalue weighted by Crippen LogP contribution is 2.57. The molecule has 4 heteroatoms. The van der Waals surface area contributed by atoms with Crippen molar-refractivity contribution in [2.45, 2.75) is 51.0 Å². The molecule has 4 bridgehead atoms. The van der Waals surface area contributed by atoms with Crippen LogP contribution in [0.1, 0.15) is 55.8 Å². The first-order chi connectivity index (χ1) is 11.9. The van der Waals surface area contributed by atoms with Gasteiger partial charge in [0.2, 0.25) is 5.91 Å². The molecular formula is C21H28N2O2. The van der Waals surface area contributed by atoms with Crippen molar-refractivity contribution < 1.29 is 9.59 Å². The normalized spacial score (nSPS) is 32.8. The van der Waals surface area contributed by atoms with Crippen LogP contribution >= 0.6 is 0 Å². The summed E-state index contributed by atoms with van der Waals surface area (Å²) < 4.78 is 0. The summed E-state index contributed by atoms with van der Waals surface area (Å²) in [5, 5.41) is 2.97. The van der Waals surface area contributed by atoms with Crippen LogP contribution in [0.4, 0.5) is 5.69 Å². The predicted molar refractivity (Wildman–Crippen MR) is 98.6 cm³/mol. The van der Waals surface area contributed by atoms with Crippen molar-refractivity contribution in [1.29, 1.82) is 0 Å². The van der Waals surface area contributed by atoms with Gasteiger partial charge in [0.25, 0.3) is 0 Å². The second-order valence-electron chi connectivity index (χ2n) is 8.68. The molecule has 4 fully saturated rings. The van der Waals surface area contributed by atoms with E-state index < -0.39 is 0 Å². The summed E-state index contributed by atoms with van der Waals surface area (Å²) in [6.45, 7) is 1.97. The summed E-state index contributed by atoms with van der Waals surface area (Å²) in [7, 11) is 2.12. The van der Waals surface area contributed by atoms with Gasteiger partial charge in [0, 0.05) is 16.8 Å². The average Bonchev–Trinajstić information content (AvgIpc) is 2.53. The summed E-state index contributed by atoms with van der Waals surface area (Å²) in [6, 6.07) is 7.19. The van der Waals surface area contributed by atoms with Gasteiger partial charge in [0.05, 0.1) is 6.54 Å². The molecule has 0 saturated heterocycles. The zero-order chi connectivity index (χ0) is 17.6. The highest BCUT2D eigenvalue weighted by Gasteiger charge is 2.52. The number of benzene rings is 1. The predicted octanol–water partition coefficient (Wildman–Crippen LogP) is 3.73. The van der Waals surface area contributed by atoms with Gasteiger partial charge < -0.3 is 5.32 Å². The second-order valence-corrected chi connectivity index (χ2v) is 8.68. The zero-order valence-corrected chi connectivity index (χ0v) is 15.3. The van der Waals surface area contributed by atoms with Crippen molar-refractivity contribution in [3.8, 4) is 0 Å². The third-order valence-corrected chi connectivity index (χ3v) is 6.75. The molecule has 1 aromatic carbocycles. The Morgan fingerprint density at radius 2 is 1.72 bits per heavy atom. The van der Waals surface area contributed by atoms with E-state index >= 15 is 0 Å². The fraction of sp³-hybridized carbons (Fsp3) is 0.619. The first-order valence-corrected chi connectivity index (χ1v) is 9.56. The van der Waals surface area contributed by atoms with E-state index in [9.17, 15) is 9.59 Å². The van der Waals surface area contributed by atoms with Crippen LogP contribution in [0, 0.1) is 17.8 Å². The molecule has 0 atom stereocenters. The number of carbonyl (C=O) groups excluding carboxylic acids is 2. The fourth-order valence-corrected chi connectivity index (χ4v) is 5.93. The molecule has 134 valence electrons. The first kappa shape index (κ1) is 16.8. The Morgan fingerprint density at radius 1 is 1.12 bits per heavy atom. The number of ketones is 1. The molecule has 0 unspecified atom stereocenters. The topological polar surface area (TPSA) is 49.4 Å². The summed E-state index contributed by atoms with van der Waals surface area (Å²) in [5.74, 6) is 2.66. The molecule has 4 nitrogen and oxygen atoms in total. The Bertz CT molecular complexity index is 662. The molecule has 0 aromatic heterocycles. The van der Waals surface area contributed by atoms with Crippen LogP contribution in [0.3, 0.4) is 0 Å². The Hall–Kier alpha value is -1.68. The monoisotopic (exact) mass is 340 g/mol. The van der Waals surface area contributed by atoms with Crippen LogP contribution in [-0.4, -0.2) is 35.7 Å². The number of amides is 1. The van der Waals surface area contributed by atoms with Gasteiger partial charge >= 0.3 is 0 Å². The van der Waals surface area contributed by atoms with E-state index in [-0.39, 0.29) is 17.2 Å². The molecule has 0 aliphatic heterocycles. The van der Waals surface area contributed by atoms with Crippen LogP contribution < -0.4 is 5.32 Å². The van der Waals surface area contributed by atoms with Gasteiger partial charge in [0.1, 0.15) is 0 Å². The minimum absolute atomic E-state index is 0.0129. The molecule has 1 amide bonds. The highest BCUT2D eigenvalue weighted by molar-refractivity contribution is 5.97. The lowest BCUT2D eigenvalue weighted by Crippen LogP contribution is -2.59. The van der Waals surface area contributed by atoms with E-state index in [1.165, 1.54) is 38.5 Å². The van der Waals surface area contributed by atoms with E-state index in [4.69, 9.17) is 0 Å². The largest absolute Gasteiger partial charge is 0.325 e.